The lowest BCUT2D eigenvalue weighted by molar-refractivity contribution is 0.102. The third-order valence-corrected chi connectivity index (χ3v) is 4.92. The molecule has 0 aliphatic rings. The van der Waals surface area contributed by atoms with E-state index in [1.54, 1.807) is 35.9 Å². The number of para-hydroxylation sites is 1. The van der Waals surface area contributed by atoms with Crippen molar-refractivity contribution in [2.75, 3.05) is 5.32 Å². The van der Waals surface area contributed by atoms with Gasteiger partial charge in [0.15, 0.2) is 0 Å². The van der Waals surface area contributed by atoms with E-state index in [0.29, 0.717) is 44.7 Å². The third kappa shape index (κ3) is 3.88. The van der Waals surface area contributed by atoms with Gasteiger partial charge in [-0.3, -0.25) is 9.59 Å². The van der Waals surface area contributed by atoms with Crippen LogP contribution in [0, 0.1) is 13.8 Å². The Labute approximate surface area is 177 Å². The lowest BCUT2D eigenvalue weighted by atomic mass is 10.1. The largest absolute Gasteiger partial charge is 0.322 e. The van der Waals surface area contributed by atoms with E-state index in [2.05, 4.69) is 20.4 Å². The van der Waals surface area contributed by atoms with Crippen molar-refractivity contribution in [3.63, 3.8) is 0 Å². The summed E-state index contributed by atoms with van der Waals surface area (Å²) in [6, 6.07) is 15.8. The van der Waals surface area contributed by atoms with E-state index in [9.17, 15) is 9.59 Å². The molecule has 0 saturated carbocycles. The summed E-state index contributed by atoms with van der Waals surface area (Å²) in [5, 5.41) is 7.73. The summed E-state index contributed by atoms with van der Waals surface area (Å²) in [4.78, 5) is 31.6. The molecule has 4 rings (SSSR count). The number of carbonyl (C=O) groups is 1. The minimum Gasteiger partial charge on any atom is -0.322 e. The topological polar surface area (TPSA) is 92.7 Å². The number of halogens is 1. The number of rotatable bonds is 4. The molecular formula is C22H18ClN5O2. The maximum Gasteiger partial charge on any atom is 0.259 e. The Balaban J connectivity index is 1.61. The van der Waals surface area contributed by atoms with Gasteiger partial charge in [0.1, 0.15) is 5.82 Å². The van der Waals surface area contributed by atoms with Gasteiger partial charge in [0.2, 0.25) is 0 Å². The number of nitrogens with one attached hydrogen (secondary N) is 2. The number of nitrogens with zero attached hydrogens (tertiary/aromatic N) is 3. The van der Waals surface area contributed by atoms with Gasteiger partial charge < -0.3 is 10.3 Å². The Kier molecular flexibility index (Phi) is 5.20. The average Bonchev–Trinajstić information content (AvgIpc) is 3.09. The van der Waals surface area contributed by atoms with Gasteiger partial charge in [-0.2, -0.15) is 5.10 Å². The van der Waals surface area contributed by atoms with E-state index >= 15 is 0 Å². The maximum atomic E-state index is 12.8. The average molecular weight is 420 g/mol. The van der Waals surface area contributed by atoms with Crippen LogP contribution in [-0.2, 0) is 0 Å². The van der Waals surface area contributed by atoms with Crippen LogP contribution in [0.4, 0.5) is 5.69 Å². The van der Waals surface area contributed by atoms with Crippen LogP contribution in [0.3, 0.4) is 0 Å². The van der Waals surface area contributed by atoms with Crippen LogP contribution in [-0.4, -0.2) is 25.7 Å². The summed E-state index contributed by atoms with van der Waals surface area (Å²) in [7, 11) is 0. The second-order valence-electron chi connectivity index (χ2n) is 6.78. The van der Waals surface area contributed by atoms with Gasteiger partial charge in [-0.15, -0.1) is 0 Å². The fourth-order valence-electron chi connectivity index (χ4n) is 3.16. The van der Waals surface area contributed by atoms with E-state index in [4.69, 9.17) is 11.6 Å². The summed E-state index contributed by atoms with van der Waals surface area (Å²) in [6.07, 6.45) is 1.51. The minimum absolute atomic E-state index is 0.227. The van der Waals surface area contributed by atoms with Crippen LogP contribution in [0.1, 0.15) is 21.7 Å². The Hall–Kier alpha value is -3.71. The van der Waals surface area contributed by atoms with Crippen LogP contribution in [0.25, 0.3) is 17.1 Å². The second-order valence-corrected chi connectivity index (χ2v) is 7.18. The number of aryl methyl sites for hydroxylation is 1. The number of anilines is 1. The van der Waals surface area contributed by atoms with Crippen molar-refractivity contribution in [1.29, 1.82) is 0 Å². The van der Waals surface area contributed by atoms with Crippen LogP contribution in [0.5, 0.6) is 0 Å². The first-order valence-electron chi connectivity index (χ1n) is 9.21. The Morgan fingerprint density at radius 1 is 1.10 bits per heavy atom. The van der Waals surface area contributed by atoms with Crippen LogP contribution in [0.15, 0.2) is 65.6 Å². The van der Waals surface area contributed by atoms with Crippen molar-refractivity contribution >= 4 is 23.2 Å². The lowest BCUT2D eigenvalue weighted by Crippen LogP contribution is -2.13. The summed E-state index contributed by atoms with van der Waals surface area (Å²) in [5.74, 6) is 0.146. The monoisotopic (exact) mass is 419 g/mol. The van der Waals surface area contributed by atoms with Crippen LogP contribution < -0.4 is 10.9 Å². The first kappa shape index (κ1) is 19.6. The van der Waals surface area contributed by atoms with Crippen molar-refractivity contribution in [3.05, 3.63) is 93.1 Å². The number of amides is 1. The van der Waals surface area contributed by atoms with Gasteiger partial charge in [-0.1, -0.05) is 35.9 Å². The van der Waals surface area contributed by atoms with Gasteiger partial charge in [0, 0.05) is 23.0 Å². The molecule has 2 aromatic heterocycles. The molecule has 0 saturated heterocycles. The van der Waals surface area contributed by atoms with E-state index in [1.807, 2.05) is 31.2 Å². The molecular weight excluding hydrogens is 402 g/mol. The van der Waals surface area contributed by atoms with Gasteiger partial charge in [-0.05, 0) is 38.1 Å². The quantitative estimate of drug-likeness (QED) is 0.519. The molecule has 0 atom stereocenters. The lowest BCUT2D eigenvalue weighted by Gasteiger charge is -2.09. The highest BCUT2D eigenvalue weighted by molar-refractivity contribution is 6.32. The molecule has 0 bridgehead atoms. The van der Waals surface area contributed by atoms with Gasteiger partial charge in [-0.25, -0.2) is 9.67 Å². The zero-order valence-electron chi connectivity index (χ0n) is 16.3. The highest BCUT2D eigenvalue weighted by Crippen LogP contribution is 2.23. The molecule has 0 fully saturated rings. The van der Waals surface area contributed by atoms with E-state index < -0.39 is 0 Å². The molecule has 0 unspecified atom stereocenters. The predicted octanol–water partition coefficient (Wildman–Crippen LogP) is 4.15. The molecule has 150 valence electrons. The maximum absolute atomic E-state index is 12.8. The Bertz CT molecular complexity index is 1310. The smallest absolute Gasteiger partial charge is 0.259 e. The molecule has 2 heterocycles. The zero-order valence-corrected chi connectivity index (χ0v) is 17.1. The van der Waals surface area contributed by atoms with E-state index in [-0.39, 0.29) is 11.5 Å². The molecule has 30 heavy (non-hydrogen) atoms. The molecule has 0 spiro atoms. The van der Waals surface area contributed by atoms with Crippen molar-refractivity contribution < 1.29 is 4.79 Å². The Morgan fingerprint density at radius 3 is 2.67 bits per heavy atom. The highest BCUT2D eigenvalue weighted by Gasteiger charge is 2.17. The molecule has 0 aliphatic carbocycles. The number of hydrogen-bond donors (Lipinski definition) is 2. The van der Waals surface area contributed by atoms with Crippen LogP contribution in [0.2, 0.25) is 5.02 Å². The number of hydrogen-bond acceptors (Lipinski definition) is 4. The normalized spacial score (nSPS) is 10.8. The second kappa shape index (κ2) is 7.96. The molecule has 4 aromatic rings. The molecule has 1 amide bonds. The number of carbonyl (C=O) groups excluding carboxylic acids is 1. The van der Waals surface area contributed by atoms with Crippen molar-refractivity contribution in [3.8, 4) is 17.1 Å². The summed E-state index contributed by atoms with van der Waals surface area (Å²) >= 11 is 6.25. The van der Waals surface area contributed by atoms with Crippen LogP contribution >= 0.6 is 11.6 Å². The number of benzene rings is 2. The minimum atomic E-state index is -0.298. The Morgan fingerprint density at radius 2 is 1.90 bits per heavy atom. The first-order chi connectivity index (χ1) is 14.4. The summed E-state index contributed by atoms with van der Waals surface area (Å²) in [5.41, 5.74) is 3.46. The molecule has 0 aliphatic heterocycles. The third-order valence-electron chi connectivity index (χ3n) is 4.60. The summed E-state index contributed by atoms with van der Waals surface area (Å²) < 4.78 is 1.63. The van der Waals surface area contributed by atoms with Crippen molar-refractivity contribution in [2.24, 2.45) is 0 Å². The van der Waals surface area contributed by atoms with E-state index in [1.165, 1.54) is 12.3 Å². The number of aromatic nitrogens is 4. The number of aromatic amines is 1. The van der Waals surface area contributed by atoms with Gasteiger partial charge in [0.25, 0.3) is 11.5 Å². The molecule has 0 radical (unpaired) electrons. The summed E-state index contributed by atoms with van der Waals surface area (Å²) in [6.45, 7) is 3.56. The fourth-order valence-corrected chi connectivity index (χ4v) is 3.37. The first-order valence-corrected chi connectivity index (χ1v) is 9.59. The molecule has 2 aromatic carbocycles. The predicted molar refractivity (Wildman–Crippen MR) is 116 cm³/mol. The van der Waals surface area contributed by atoms with Crippen molar-refractivity contribution in [1.82, 2.24) is 19.7 Å². The van der Waals surface area contributed by atoms with Crippen molar-refractivity contribution in [2.45, 2.75) is 13.8 Å². The standard InChI is InChI=1S/C22H18ClN5O2/c1-13-10-20(29)27-21(25-13)15-6-5-7-16(11-15)26-22(30)17-12-24-28(14(17)2)19-9-4-3-8-18(19)23/h3-12H,1-2H3,(H,26,30)(H,25,27,29). The molecule has 2 N–H and O–H groups in total. The van der Waals surface area contributed by atoms with Gasteiger partial charge in [0.05, 0.1) is 28.2 Å². The highest BCUT2D eigenvalue weighted by atomic mass is 35.5. The fraction of sp³-hybridized carbons (Fsp3) is 0.0909. The number of H-pyrrole nitrogens is 1. The van der Waals surface area contributed by atoms with E-state index in [0.717, 1.165) is 0 Å². The van der Waals surface area contributed by atoms with Gasteiger partial charge >= 0.3 is 0 Å². The zero-order chi connectivity index (χ0) is 21.3. The molecule has 7 nitrogen and oxygen atoms in total. The SMILES string of the molecule is Cc1cc(=O)[nH]c(-c2cccc(NC(=O)c3cnn(-c4ccccc4Cl)c3C)c2)n1. The molecule has 8 heteroatoms.